The summed E-state index contributed by atoms with van der Waals surface area (Å²) in [7, 11) is -10.9. The van der Waals surface area contributed by atoms with Crippen molar-refractivity contribution in [3.8, 4) is 16.9 Å². The molecule has 0 fully saturated rings. The minimum atomic E-state index is -5.54. The number of nitro groups is 1. The van der Waals surface area contributed by atoms with Crippen LogP contribution in [-0.4, -0.2) is 36.0 Å². The van der Waals surface area contributed by atoms with Crippen LogP contribution in [0.3, 0.4) is 0 Å². The van der Waals surface area contributed by atoms with Crippen LogP contribution in [0.4, 0.5) is 28.4 Å². The molecule has 0 atom stereocenters. The monoisotopic (exact) mass is 616 g/mol. The molecule has 4 aromatic rings. The number of non-ortho nitro benzene ring substituents is 1. The minimum absolute atomic E-state index is 0. The molecule has 0 amide bonds. The molecule has 0 aromatic heterocycles. The Morgan fingerprint density at radius 1 is 0.878 bits per heavy atom. The normalized spacial score (nSPS) is 11.6. The zero-order valence-corrected chi connectivity index (χ0v) is 26.8. The molecule has 0 radical (unpaired) electrons. The van der Waals surface area contributed by atoms with Crippen LogP contribution in [0.15, 0.2) is 85.8 Å². The molecule has 15 nitrogen and oxygen atoms in total. The topological polar surface area (TPSA) is 265 Å². The number of aromatic hydroxyl groups is 1. The van der Waals surface area contributed by atoms with Gasteiger partial charge in [0, 0.05) is 23.1 Å². The van der Waals surface area contributed by atoms with Crippen molar-refractivity contribution in [1.29, 1.82) is 5.53 Å². The fourth-order valence-corrected chi connectivity index (χ4v) is 5.37. The number of fused-ring (bicyclic) bond motifs is 1. The molecular formula is C22H14N6Na2O9S2. The number of hydrogen-bond acceptors (Lipinski definition) is 14. The molecule has 0 unspecified atom stereocenters. The van der Waals surface area contributed by atoms with E-state index in [0.29, 0.717) is 6.07 Å². The molecule has 4 rings (SSSR count). The second-order valence-corrected chi connectivity index (χ2v) is 10.5. The second kappa shape index (κ2) is 13.0. The van der Waals surface area contributed by atoms with Gasteiger partial charge in [-0.3, -0.25) is 10.1 Å². The van der Waals surface area contributed by atoms with Gasteiger partial charge in [-0.15, -0.1) is 5.11 Å². The average Bonchev–Trinajstić information content (AvgIpc) is 2.87. The molecule has 0 aliphatic rings. The number of phenolic OH excluding ortho intramolecular Hbond substituents is 1. The molecule has 4 aromatic carbocycles. The maximum Gasteiger partial charge on any atom is 1.00 e. The van der Waals surface area contributed by atoms with E-state index in [0.717, 1.165) is 24.3 Å². The van der Waals surface area contributed by atoms with Gasteiger partial charge in [-0.25, -0.2) is 22.4 Å². The SMILES string of the molecule is N=Nc1c(S(=O)(=O)[O-])c(N=Nc2ccccc2)c(O)c2c(N)c(-c3ccc([N+](=O)[O-])cc3)c(S(=O)(=O)[O-])cc12.[Na+].[Na+]. The van der Waals surface area contributed by atoms with E-state index in [-0.39, 0.29) is 76.1 Å². The third-order valence-electron chi connectivity index (χ3n) is 5.50. The average molecular weight is 617 g/mol. The number of nitrogens with zero attached hydrogens (tertiary/aromatic N) is 4. The number of nitrogens with two attached hydrogens (primary N) is 1. The van der Waals surface area contributed by atoms with Crippen molar-refractivity contribution in [3.63, 3.8) is 0 Å². The molecule has 0 aliphatic carbocycles. The zero-order valence-electron chi connectivity index (χ0n) is 21.2. The van der Waals surface area contributed by atoms with Gasteiger partial charge in [-0.1, -0.05) is 18.2 Å². The first-order valence-electron chi connectivity index (χ1n) is 10.4. The number of nitrogens with one attached hydrogen (secondary N) is 1. The van der Waals surface area contributed by atoms with Crippen LogP contribution in [0.25, 0.3) is 21.9 Å². The molecule has 0 saturated carbocycles. The Hall–Kier alpha value is -2.84. The van der Waals surface area contributed by atoms with Gasteiger partial charge in [-0.2, -0.15) is 10.2 Å². The first-order valence-corrected chi connectivity index (χ1v) is 13.2. The Morgan fingerprint density at radius 2 is 1.46 bits per heavy atom. The molecule has 0 bridgehead atoms. The van der Waals surface area contributed by atoms with E-state index < -0.39 is 74.1 Å². The van der Waals surface area contributed by atoms with E-state index in [9.17, 15) is 41.2 Å². The van der Waals surface area contributed by atoms with Gasteiger partial charge < -0.3 is 19.9 Å². The molecule has 0 heterocycles. The molecule has 0 spiro atoms. The number of nitrogen functional groups attached to an aromatic ring is 1. The maximum atomic E-state index is 12.2. The third kappa shape index (κ3) is 6.81. The van der Waals surface area contributed by atoms with Gasteiger partial charge >= 0.3 is 59.1 Å². The van der Waals surface area contributed by atoms with Crippen LogP contribution >= 0.6 is 0 Å². The largest absolute Gasteiger partial charge is 1.00 e. The smallest absolute Gasteiger partial charge is 0.744 e. The van der Waals surface area contributed by atoms with E-state index in [4.69, 9.17) is 11.3 Å². The zero-order chi connectivity index (χ0) is 28.7. The van der Waals surface area contributed by atoms with Gasteiger partial charge in [0.15, 0.2) is 5.75 Å². The summed E-state index contributed by atoms with van der Waals surface area (Å²) in [5.41, 5.74) is 10.5. The van der Waals surface area contributed by atoms with Crippen molar-refractivity contribution in [2.75, 3.05) is 5.73 Å². The number of hydrogen-bond donors (Lipinski definition) is 3. The van der Waals surface area contributed by atoms with E-state index in [1.807, 2.05) is 0 Å². The minimum Gasteiger partial charge on any atom is -0.744 e. The Labute approximate surface area is 276 Å². The first-order chi connectivity index (χ1) is 18.3. The van der Waals surface area contributed by atoms with Crippen LogP contribution in [-0.2, 0) is 20.2 Å². The summed E-state index contributed by atoms with van der Waals surface area (Å²) >= 11 is 0. The summed E-state index contributed by atoms with van der Waals surface area (Å²) in [4.78, 5) is 7.97. The Kier molecular flexibility index (Phi) is 10.9. The Bertz CT molecular complexity index is 1920. The van der Waals surface area contributed by atoms with E-state index in [2.05, 4.69) is 15.3 Å². The van der Waals surface area contributed by atoms with Crippen LogP contribution in [0.2, 0.25) is 0 Å². The van der Waals surface area contributed by atoms with Gasteiger partial charge in [0.1, 0.15) is 36.5 Å². The van der Waals surface area contributed by atoms with Gasteiger partial charge in [0.05, 0.1) is 26.6 Å². The van der Waals surface area contributed by atoms with Crippen LogP contribution in [0, 0.1) is 15.6 Å². The Morgan fingerprint density at radius 3 is 1.95 bits per heavy atom. The summed E-state index contributed by atoms with van der Waals surface area (Å²) in [5.74, 6) is -1.04. The van der Waals surface area contributed by atoms with Crippen molar-refractivity contribution in [1.82, 2.24) is 0 Å². The summed E-state index contributed by atoms with van der Waals surface area (Å²) in [5, 5.41) is 31.5. The van der Waals surface area contributed by atoms with E-state index in [1.54, 1.807) is 18.2 Å². The van der Waals surface area contributed by atoms with Crippen molar-refractivity contribution in [2.45, 2.75) is 9.79 Å². The van der Waals surface area contributed by atoms with E-state index >= 15 is 0 Å². The molecular weight excluding hydrogens is 602 g/mol. The predicted molar refractivity (Wildman–Crippen MR) is 133 cm³/mol. The molecule has 4 N–H and O–H groups in total. The summed E-state index contributed by atoms with van der Waals surface area (Å²) < 4.78 is 73.3. The number of benzene rings is 4. The number of nitro benzene ring substituents is 1. The number of phenols is 1. The van der Waals surface area contributed by atoms with Gasteiger partial charge in [0.2, 0.25) is 0 Å². The molecule has 0 aliphatic heterocycles. The van der Waals surface area contributed by atoms with Gasteiger partial charge in [-0.05, 0) is 35.9 Å². The van der Waals surface area contributed by atoms with Crippen molar-refractivity contribution < 1.29 is 95.1 Å². The fraction of sp³-hybridized carbons (Fsp3) is 0. The quantitative estimate of drug-likeness (QED) is 0.0545. The first kappa shape index (κ1) is 34.4. The van der Waals surface area contributed by atoms with Crippen molar-refractivity contribution in [2.24, 2.45) is 15.3 Å². The third-order valence-corrected chi connectivity index (χ3v) is 7.24. The van der Waals surface area contributed by atoms with E-state index in [1.165, 1.54) is 12.1 Å². The van der Waals surface area contributed by atoms with Crippen LogP contribution < -0.4 is 64.8 Å². The number of azo groups is 1. The fourth-order valence-electron chi connectivity index (χ4n) is 3.87. The summed E-state index contributed by atoms with van der Waals surface area (Å²) in [6.07, 6.45) is 0. The Balaban J connectivity index is 0.00000294. The summed E-state index contributed by atoms with van der Waals surface area (Å²) in [6.45, 7) is 0. The predicted octanol–water partition coefficient (Wildman–Crippen LogP) is -1.40. The van der Waals surface area contributed by atoms with Crippen molar-refractivity contribution in [3.05, 3.63) is 70.8 Å². The number of anilines is 1. The molecule has 200 valence electrons. The van der Waals surface area contributed by atoms with Gasteiger partial charge in [0.25, 0.3) is 5.69 Å². The maximum absolute atomic E-state index is 12.2. The molecule has 41 heavy (non-hydrogen) atoms. The second-order valence-electron chi connectivity index (χ2n) is 7.82. The molecule has 0 saturated heterocycles. The van der Waals surface area contributed by atoms with Crippen LogP contribution in [0.1, 0.15) is 0 Å². The van der Waals surface area contributed by atoms with Crippen LogP contribution in [0.5, 0.6) is 5.75 Å². The summed E-state index contributed by atoms with van der Waals surface area (Å²) in [6, 6.07) is 12.6. The van der Waals surface area contributed by atoms with Crippen molar-refractivity contribution >= 4 is 59.4 Å². The standard InChI is InChI=1S/C22H16N6O9S2.2Na/c23-18-16(11-6-8-13(9-7-11)28(30)31)15(38(32,33)34)10-14-17(18)21(29)20(22(19(14)25-24)39(35,36)37)27-26-12-4-2-1-3-5-12;;/h1-10,24,29H,23H2,(H,32,33,34)(H,35,36,37);;/q;2*+1/p-2. The number of rotatable bonds is 7. The molecule has 19 heteroatoms.